The zero-order chi connectivity index (χ0) is 20.4. The van der Waals surface area contributed by atoms with Crippen molar-refractivity contribution in [1.82, 2.24) is 4.90 Å². The zero-order valence-electron chi connectivity index (χ0n) is 15.5. The summed E-state index contributed by atoms with van der Waals surface area (Å²) >= 11 is 1.34. The van der Waals surface area contributed by atoms with Gasteiger partial charge in [0.2, 0.25) is 5.91 Å². The molecule has 0 spiro atoms. The number of aliphatic imine (C=N–C) groups is 1. The summed E-state index contributed by atoms with van der Waals surface area (Å²) in [5, 5.41) is 11.4. The highest BCUT2D eigenvalue weighted by atomic mass is 32.2. The molecule has 1 fully saturated rings. The van der Waals surface area contributed by atoms with Crippen LogP contribution in [-0.2, 0) is 14.3 Å². The summed E-state index contributed by atoms with van der Waals surface area (Å²) < 4.78 is 5.20. The molecular weight excluding hydrogens is 382 g/mol. The van der Waals surface area contributed by atoms with Crippen LogP contribution in [0.4, 0.5) is 5.69 Å². The molecule has 2 aliphatic rings. The fourth-order valence-corrected chi connectivity index (χ4v) is 4.32. The molecule has 3 rings (SSSR count). The molecule has 2 heterocycles. The summed E-state index contributed by atoms with van der Waals surface area (Å²) in [6.45, 7) is 7.11. The highest BCUT2D eigenvalue weighted by Crippen LogP contribution is 2.44. The van der Waals surface area contributed by atoms with Crippen molar-refractivity contribution < 1.29 is 19.2 Å². The van der Waals surface area contributed by atoms with Crippen molar-refractivity contribution in [2.75, 3.05) is 6.61 Å². The number of nitrogens with zero attached hydrogens (tertiary/aromatic N) is 3. The van der Waals surface area contributed by atoms with E-state index >= 15 is 0 Å². The Hall–Kier alpha value is -2.94. The van der Waals surface area contributed by atoms with Gasteiger partial charge in [-0.25, -0.2) is 9.79 Å². The number of nitro benzene ring substituents is 1. The van der Waals surface area contributed by atoms with E-state index in [0.717, 1.165) is 0 Å². The predicted octanol–water partition coefficient (Wildman–Crippen LogP) is 3.36. The molecule has 9 heteroatoms. The number of benzene rings is 1. The van der Waals surface area contributed by atoms with Crippen LogP contribution < -0.4 is 0 Å². The number of nitro groups is 1. The number of non-ortho nitro benzene ring substituents is 1. The number of amidine groups is 1. The monoisotopic (exact) mass is 401 g/mol. The molecule has 1 saturated heterocycles. The van der Waals surface area contributed by atoms with E-state index in [2.05, 4.69) is 11.6 Å². The average Bonchev–Trinajstić information content (AvgIpc) is 3.00. The maximum absolute atomic E-state index is 13.0. The van der Waals surface area contributed by atoms with Gasteiger partial charge in [0.15, 0.2) is 5.17 Å². The van der Waals surface area contributed by atoms with E-state index in [4.69, 9.17) is 4.74 Å². The van der Waals surface area contributed by atoms with Crippen molar-refractivity contribution >= 4 is 34.5 Å². The number of thioether (sulfide) groups is 1. The van der Waals surface area contributed by atoms with E-state index < -0.39 is 16.9 Å². The molecule has 2 atom stereocenters. The minimum Gasteiger partial charge on any atom is -0.458 e. The first-order valence-corrected chi connectivity index (χ1v) is 9.58. The number of carbonyl (C=O) groups excluding carboxylic acids is 2. The third-order valence-corrected chi connectivity index (χ3v) is 5.79. The Balaban J connectivity index is 2.14. The Morgan fingerprint density at radius 1 is 1.50 bits per heavy atom. The molecule has 0 N–H and O–H groups in total. The summed E-state index contributed by atoms with van der Waals surface area (Å²) in [6.07, 6.45) is 2.05. The number of hydrogen-bond acceptors (Lipinski definition) is 7. The second kappa shape index (κ2) is 7.97. The van der Waals surface area contributed by atoms with Gasteiger partial charge in [0.1, 0.15) is 6.61 Å². The Morgan fingerprint density at radius 3 is 2.89 bits per heavy atom. The quantitative estimate of drug-likeness (QED) is 0.313. The topological polar surface area (TPSA) is 102 Å². The normalized spacial score (nSPS) is 21.3. The third-order valence-electron chi connectivity index (χ3n) is 4.47. The van der Waals surface area contributed by atoms with Crippen LogP contribution >= 0.6 is 11.8 Å². The van der Waals surface area contributed by atoms with E-state index in [1.807, 2.05) is 6.92 Å². The Bertz CT molecular complexity index is 924. The number of esters is 1. The van der Waals surface area contributed by atoms with Gasteiger partial charge in [-0.1, -0.05) is 43.5 Å². The molecule has 0 aliphatic carbocycles. The SMILES string of the molecule is C=CCOC(=O)C1=C(C)N=C2SC(CC)C(=O)N2C1c1cccc([N+](=O)[O-])c1. The van der Waals surface area contributed by atoms with Crippen molar-refractivity contribution in [1.29, 1.82) is 0 Å². The van der Waals surface area contributed by atoms with Gasteiger partial charge < -0.3 is 4.74 Å². The fourth-order valence-electron chi connectivity index (χ4n) is 3.19. The fraction of sp³-hybridized carbons (Fsp3) is 0.316. The highest BCUT2D eigenvalue weighted by Gasteiger charge is 2.47. The van der Waals surface area contributed by atoms with Crippen LogP contribution in [0, 0.1) is 10.1 Å². The average molecular weight is 401 g/mol. The zero-order valence-corrected chi connectivity index (χ0v) is 16.3. The molecule has 2 unspecified atom stereocenters. The smallest absolute Gasteiger partial charge is 0.338 e. The van der Waals surface area contributed by atoms with Crippen LogP contribution in [0.25, 0.3) is 0 Å². The van der Waals surface area contributed by atoms with Crippen molar-refractivity contribution in [3.8, 4) is 0 Å². The first kappa shape index (κ1) is 19.8. The van der Waals surface area contributed by atoms with E-state index in [-0.39, 0.29) is 29.0 Å². The molecule has 0 aromatic heterocycles. The van der Waals surface area contributed by atoms with E-state index in [1.165, 1.54) is 40.9 Å². The van der Waals surface area contributed by atoms with Crippen molar-refractivity contribution in [3.05, 3.63) is 63.9 Å². The summed E-state index contributed by atoms with van der Waals surface area (Å²) in [5.41, 5.74) is 0.951. The number of carbonyl (C=O) groups is 2. The number of amides is 1. The van der Waals surface area contributed by atoms with Gasteiger partial charge >= 0.3 is 5.97 Å². The maximum atomic E-state index is 13.0. The van der Waals surface area contributed by atoms with Crippen LogP contribution in [0.3, 0.4) is 0 Å². The van der Waals surface area contributed by atoms with Gasteiger partial charge in [0, 0.05) is 12.1 Å². The van der Waals surface area contributed by atoms with Gasteiger partial charge in [0.05, 0.1) is 27.5 Å². The molecular formula is C19H19N3O5S. The molecule has 0 radical (unpaired) electrons. The van der Waals surface area contributed by atoms with E-state index in [9.17, 15) is 19.7 Å². The van der Waals surface area contributed by atoms with E-state index in [1.54, 1.807) is 13.0 Å². The van der Waals surface area contributed by atoms with Crippen LogP contribution in [0.5, 0.6) is 0 Å². The second-order valence-corrected chi connectivity index (χ2v) is 7.43. The van der Waals surface area contributed by atoms with Gasteiger partial charge in [0.25, 0.3) is 5.69 Å². The number of rotatable bonds is 6. The summed E-state index contributed by atoms with van der Waals surface area (Å²) in [7, 11) is 0. The first-order valence-electron chi connectivity index (χ1n) is 8.70. The number of ether oxygens (including phenoxy) is 1. The molecule has 0 saturated carbocycles. The standard InChI is InChI=1S/C19H19N3O5S/c1-4-9-27-18(24)15-11(3)20-19-21(17(23)14(5-2)28-19)16(15)12-7-6-8-13(10-12)22(25)26/h4,6-8,10,14,16H,1,5,9H2,2-3H3. The van der Waals surface area contributed by atoms with Crippen molar-refractivity contribution in [3.63, 3.8) is 0 Å². The lowest BCUT2D eigenvalue weighted by molar-refractivity contribution is -0.384. The lowest BCUT2D eigenvalue weighted by Gasteiger charge is -2.32. The third kappa shape index (κ3) is 3.45. The predicted molar refractivity (Wildman–Crippen MR) is 106 cm³/mol. The Labute approximate surface area is 166 Å². The molecule has 0 bridgehead atoms. The van der Waals surface area contributed by atoms with Crippen LogP contribution in [0.15, 0.2) is 53.2 Å². The molecule has 1 amide bonds. The minimum atomic E-state index is -0.832. The maximum Gasteiger partial charge on any atom is 0.338 e. The van der Waals surface area contributed by atoms with Crippen LogP contribution in [-0.4, -0.2) is 38.7 Å². The van der Waals surface area contributed by atoms with Crippen LogP contribution in [0.2, 0.25) is 0 Å². The van der Waals surface area contributed by atoms with Gasteiger partial charge in [-0.15, -0.1) is 0 Å². The molecule has 1 aromatic rings. The largest absolute Gasteiger partial charge is 0.458 e. The molecule has 8 nitrogen and oxygen atoms in total. The van der Waals surface area contributed by atoms with Gasteiger partial charge in [-0.05, 0) is 18.9 Å². The summed E-state index contributed by atoms with van der Waals surface area (Å²) in [4.78, 5) is 42.3. The summed E-state index contributed by atoms with van der Waals surface area (Å²) in [5.74, 6) is -0.807. The lowest BCUT2D eigenvalue weighted by Crippen LogP contribution is -2.40. The molecule has 2 aliphatic heterocycles. The Kier molecular flexibility index (Phi) is 5.64. The lowest BCUT2D eigenvalue weighted by atomic mass is 9.94. The van der Waals surface area contributed by atoms with Crippen molar-refractivity contribution in [2.45, 2.75) is 31.6 Å². The first-order chi connectivity index (χ1) is 13.4. The van der Waals surface area contributed by atoms with Crippen molar-refractivity contribution in [2.24, 2.45) is 4.99 Å². The van der Waals surface area contributed by atoms with Gasteiger partial charge in [-0.3, -0.25) is 19.8 Å². The Morgan fingerprint density at radius 2 is 2.25 bits per heavy atom. The number of hydrogen-bond donors (Lipinski definition) is 0. The van der Waals surface area contributed by atoms with Crippen LogP contribution in [0.1, 0.15) is 31.9 Å². The molecule has 28 heavy (non-hydrogen) atoms. The number of fused-ring (bicyclic) bond motifs is 1. The minimum absolute atomic E-state index is 0.00806. The highest BCUT2D eigenvalue weighted by molar-refractivity contribution is 8.15. The van der Waals surface area contributed by atoms with Gasteiger partial charge in [-0.2, -0.15) is 0 Å². The van der Waals surface area contributed by atoms with E-state index in [0.29, 0.717) is 22.8 Å². The molecule has 1 aromatic carbocycles. The molecule has 146 valence electrons. The number of allylic oxidation sites excluding steroid dienone is 1. The second-order valence-electron chi connectivity index (χ2n) is 6.26. The summed E-state index contributed by atoms with van der Waals surface area (Å²) in [6, 6.07) is 5.10.